The van der Waals surface area contributed by atoms with Crippen LogP contribution in [0.25, 0.3) is 0 Å². The molecule has 28 heavy (non-hydrogen) atoms. The molecule has 2 bridgehead atoms. The summed E-state index contributed by atoms with van der Waals surface area (Å²) < 4.78 is 46.3. The lowest BCUT2D eigenvalue weighted by Crippen LogP contribution is -2.59. The summed E-state index contributed by atoms with van der Waals surface area (Å²) in [4.78, 5) is 0.239. The van der Waals surface area contributed by atoms with E-state index in [1.807, 2.05) is 37.3 Å². The van der Waals surface area contributed by atoms with Crippen molar-refractivity contribution in [1.82, 2.24) is 4.72 Å². The van der Waals surface area contributed by atoms with Crippen molar-refractivity contribution in [2.45, 2.75) is 46.9 Å². The molecule has 1 N–H and O–H groups in total. The molecule has 6 nitrogen and oxygen atoms in total. The molecule has 0 unspecified atom stereocenters. The van der Waals surface area contributed by atoms with Crippen molar-refractivity contribution in [2.75, 3.05) is 6.61 Å². The fourth-order valence-corrected chi connectivity index (χ4v) is 5.92. The van der Waals surface area contributed by atoms with Gasteiger partial charge in [-0.3, -0.25) is 0 Å². The smallest absolute Gasteiger partial charge is 0.240 e. The summed E-state index contributed by atoms with van der Waals surface area (Å²) in [7, 11) is -3.69. The number of sulfonamides is 1. The first-order valence-corrected chi connectivity index (χ1v) is 11.8. The van der Waals surface area contributed by atoms with Gasteiger partial charge in [-0.05, 0) is 24.6 Å². The van der Waals surface area contributed by atoms with Crippen molar-refractivity contribution in [3.05, 3.63) is 65.7 Å². The standard InChI is InChI=1S/C20H22INO5S/c1-13-7-9-15(10-8-13)28(23,24)22-18-17(21)20-26-12-16(27-20)19(18)25-11-14-5-3-2-4-6-14/h2-10,16-20,22H,11-12H2,1H3/t16-,17-,18-,19-,20-/m1/s1. The van der Waals surface area contributed by atoms with Gasteiger partial charge in [0.2, 0.25) is 10.0 Å². The zero-order valence-electron chi connectivity index (χ0n) is 15.3. The van der Waals surface area contributed by atoms with Gasteiger partial charge < -0.3 is 14.2 Å². The number of fused-ring (bicyclic) bond motifs is 2. The van der Waals surface area contributed by atoms with E-state index in [1.54, 1.807) is 24.3 Å². The highest BCUT2D eigenvalue weighted by Crippen LogP contribution is 2.35. The molecule has 2 heterocycles. The molecular weight excluding hydrogens is 493 g/mol. The SMILES string of the molecule is Cc1ccc(S(=O)(=O)N[C@@H]2[C@@H](I)[C@@H]3OC[C@@H](O3)[C@H]2OCc2ccccc2)cc1. The van der Waals surface area contributed by atoms with Gasteiger partial charge in [-0.2, -0.15) is 0 Å². The third-order valence-electron chi connectivity index (χ3n) is 4.96. The van der Waals surface area contributed by atoms with Gasteiger partial charge in [0, 0.05) is 0 Å². The van der Waals surface area contributed by atoms with Crippen LogP contribution in [-0.2, 0) is 30.8 Å². The molecule has 0 radical (unpaired) electrons. The molecule has 0 saturated carbocycles. The van der Waals surface area contributed by atoms with Crippen molar-refractivity contribution >= 4 is 32.6 Å². The summed E-state index contributed by atoms with van der Waals surface area (Å²) in [6, 6.07) is 16.1. The Kier molecular flexibility index (Phi) is 6.05. The maximum atomic E-state index is 13.0. The first kappa shape index (κ1) is 20.2. The molecule has 2 fully saturated rings. The largest absolute Gasteiger partial charge is 0.369 e. The van der Waals surface area contributed by atoms with Crippen LogP contribution in [0.4, 0.5) is 0 Å². The molecule has 2 aromatic rings. The van der Waals surface area contributed by atoms with Crippen molar-refractivity contribution < 1.29 is 22.6 Å². The molecule has 5 atom stereocenters. The lowest BCUT2D eigenvalue weighted by molar-refractivity contribution is -0.141. The van der Waals surface area contributed by atoms with E-state index in [9.17, 15) is 8.42 Å². The predicted octanol–water partition coefficient (Wildman–Crippen LogP) is 2.79. The number of halogens is 1. The van der Waals surface area contributed by atoms with Gasteiger partial charge in [0.25, 0.3) is 0 Å². The maximum Gasteiger partial charge on any atom is 0.240 e. The highest BCUT2D eigenvalue weighted by molar-refractivity contribution is 14.1. The molecule has 0 amide bonds. The second kappa shape index (κ2) is 8.37. The van der Waals surface area contributed by atoms with E-state index >= 15 is 0 Å². The minimum atomic E-state index is -3.69. The topological polar surface area (TPSA) is 73.9 Å². The Hall–Kier alpha value is -1.04. The minimum Gasteiger partial charge on any atom is -0.369 e. The number of ether oxygens (including phenoxy) is 3. The number of benzene rings is 2. The number of alkyl halides is 1. The van der Waals surface area contributed by atoms with Gasteiger partial charge in [-0.1, -0.05) is 70.6 Å². The van der Waals surface area contributed by atoms with Crippen LogP contribution in [0.1, 0.15) is 11.1 Å². The van der Waals surface area contributed by atoms with Gasteiger partial charge in [0.05, 0.1) is 28.1 Å². The van der Waals surface area contributed by atoms with Crippen molar-refractivity contribution in [3.8, 4) is 0 Å². The van der Waals surface area contributed by atoms with Crippen LogP contribution in [0.15, 0.2) is 59.5 Å². The van der Waals surface area contributed by atoms with Crippen LogP contribution in [0.5, 0.6) is 0 Å². The highest BCUT2D eigenvalue weighted by atomic mass is 127. The molecule has 8 heteroatoms. The Morgan fingerprint density at radius 2 is 1.86 bits per heavy atom. The molecule has 0 aromatic heterocycles. The highest BCUT2D eigenvalue weighted by Gasteiger charge is 2.51. The van der Waals surface area contributed by atoms with Gasteiger partial charge in [-0.25, -0.2) is 13.1 Å². The summed E-state index contributed by atoms with van der Waals surface area (Å²) in [6.07, 6.45) is -1.18. The van der Waals surface area contributed by atoms with Gasteiger partial charge >= 0.3 is 0 Å². The zero-order chi connectivity index (χ0) is 19.7. The molecule has 2 aromatic carbocycles. The third kappa shape index (κ3) is 4.27. The summed E-state index contributed by atoms with van der Waals surface area (Å²) in [5, 5.41) is 0. The Bertz CT molecular complexity index is 906. The summed E-state index contributed by atoms with van der Waals surface area (Å²) in [5.41, 5.74) is 2.03. The summed E-state index contributed by atoms with van der Waals surface area (Å²) in [5.74, 6) is 0. The average molecular weight is 515 g/mol. The number of nitrogens with one attached hydrogen (secondary N) is 1. The second-order valence-electron chi connectivity index (χ2n) is 7.04. The van der Waals surface area contributed by atoms with E-state index < -0.39 is 28.5 Å². The normalized spacial score (nSPS) is 29.7. The molecule has 0 aliphatic carbocycles. The van der Waals surface area contributed by atoms with Crippen molar-refractivity contribution in [1.29, 1.82) is 0 Å². The second-order valence-corrected chi connectivity index (χ2v) is 10.2. The van der Waals surface area contributed by atoms with E-state index in [1.165, 1.54) is 0 Å². The molecule has 2 aliphatic rings. The van der Waals surface area contributed by atoms with E-state index in [-0.39, 0.29) is 14.9 Å². The van der Waals surface area contributed by atoms with E-state index in [4.69, 9.17) is 14.2 Å². The minimum absolute atomic E-state index is 0.211. The molecule has 0 spiro atoms. The quantitative estimate of drug-likeness (QED) is 0.474. The Labute approximate surface area is 178 Å². The molecule has 150 valence electrons. The maximum absolute atomic E-state index is 13.0. The number of rotatable bonds is 6. The fraction of sp³-hybridized carbons (Fsp3) is 0.400. The lowest BCUT2D eigenvalue weighted by atomic mass is 10.0. The van der Waals surface area contributed by atoms with E-state index in [2.05, 4.69) is 27.3 Å². The molecule has 2 aliphatic heterocycles. The fourth-order valence-electron chi connectivity index (χ4n) is 3.44. The predicted molar refractivity (Wildman–Crippen MR) is 113 cm³/mol. The summed E-state index contributed by atoms with van der Waals surface area (Å²) in [6.45, 7) is 2.69. The third-order valence-corrected chi connectivity index (χ3v) is 7.80. The van der Waals surface area contributed by atoms with Crippen LogP contribution >= 0.6 is 22.6 Å². The van der Waals surface area contributed by atoms with Crippen LogP contribution in [0.3, 0.4) is 0 Å². The first-order chi connectivity index (χ1) is 13.4. The summed E-state index contributed by atoms with van der Waals surface area (Å²) >= 11 is 2.18. The van der Waals surface area contributed by atoms with Crippen molar-refractivity contribution in [3.63, 3.8) is 0 Å². The number of hydrogen-bond donors (Lipinski definition) is 1. The van der Waals surface area contributed by atoms with Crippen LogP contribution in [-0.4, -0.2) is 43.5 Å². The van der Waals surface area contributed by atoms with Crippen molar-refractivity contribution in [2.24, 2.45) is 0 Å². The molecule has 2 saturated heterocycles. The monoisotopic (exact) mass is 515 g/mol. The lowest BCUT2D eigenvalue weighted by Gasteiger charge is -2.38. The van der Waals surface area contributed by atoms with Crippen LogP contribution in [0, 0.1) is 6.92 Å². The molecular formula is C20H22INO5S. The zero-order valence-corrected chi connectivity index (χ0v) is 18.3. The average Bonchev–Trinajstić information content (AvgIpc) is 3.13. The van der Waals surface area contributed by atoms with Gasteiger partial charge in [-0.15, -0.1) is 0 Å². The van der Waals surface area contributed by atoms with Gasteiger partial charge in [0.1, 0.15) is 12.2 Å². The van der Waals surface area contributed by atoms with E-state index in [0.29, 0.717) is 13.2 Å². The number of aryl methyl sites for hydroxylation is 1. The first-order valence-electron chi connectivity index (χ1n) is 9.10. The van der Waals surface area contributed by atoms with Crippen LogP contribution < -0.4 is 4.72 Å². The number of hydrogen-bond acceptors (Lipinski definition) is 5. The Morgan fingerprint density at radius 3 is 2.57 bits per heavy atom. The van der Waals surface area contributed by atoms with E-state index in [0.717, 1.165) is 11.1 Å². The Morgan fingerprint density at radius 1 is 1.14 bits per heavy atom. The van der Waals surface area contributed by atoms with Crippen LogP contribution in [0.2, 0.25) is 0 Å². The van der Waals surface area contributed by atoms with Gasteiger partial charge in [0.15, 0.2) is 6.29 Å². The Balaban J connectivity index is 1.55. The molecule has 4 rings (SSSR count).